The average molecular weight is 376 g/mol. The highest BCUT2D eigenvalue weighted by molar-refractivity contribution is 5.90. The Hall–Kier alpha value is -2.88. The quantitative estimate of drug-likeness (QED) is 0.686. The Labute approximate surface area is 168 Å². The van der Waals surface area contributed by atoms with Crippen LogP contribution in [0.25, 0.3) is 5.57 Å². The first-order valence-electron chi connectivity index (χ1n) is 9.72. The molecule has 1 amide bonds. The summed E-state index contributed by atoms with van der Waals surface area (Å²) in [6, 6.07) is 14.5. The molecule has 146 valence electrons. The van der Waals surface area contributed by atoms with Crippen LogP contribution in [0.5, 0.6) is 0 Å². The number of nitrogens with zero attached hydrogens (tertiary/aromatic N) is 2. The minimum Gasteiger partial charge on any atom is -0.360 e. The standard InChI is InChI=1S/C24H29N3O/c1-16(2)27-23-12-7-19(13-22(23)17(3)14-24(27,5)6)15-25-20-8-10-21(11-9-20)26-18(4)28/h7-16H,1-6H3,(H,26,28). The van der Waals surface area contributed by atoms with Crippen molar-refractivity contribution in [3.05, 3.63) is 59.7 Å². The Morgan fingerprint density at radius 2 is 1.82 bits per heavy atom. The maximum absolute atomic E-state index is 11.1. The molecule has 4 heteroatoms. The van der Waals surface area contributed by atoms with E-state index >= 15 is 0 Å². The van der Waals surface area contributed by atoms with E-state index in [0.717, 1.165) is 16.9 Å². The molecular formula is C24H29N3O. The average Bonchev–Trinajstić information content (AvgIpc) is 2.60. The SMILES string of the molecule is CC(=O)Nc1ccc(N=Cc2ccc3c(c2)C(C)=CC(C)(C)N3C(C)C)cc1. The zero-order valence-corrected chi connectivity index (χ0v) is 17.6. The van der Waals surface area contributed by atoms with E-state index in [1.54, 1.807) is 0 Å². The number of aliphatic imine (C=N–C) groups is 1. The molecule has 1 heterocycles. The monoisotopic (exact) mass is 375 g/mol. The Morgan fingerprint density at radius 1 is 1.14 bits per heavy atom. The van der Waals surface area contributed by atoms with Gasteiger partial charge in [0.05, 0.1) is 11.2 Å². The summed E-state index contributed by atoms with van der Waals surface area (Å²) in [5, 5.41) is 2.76. The number of carbonyl (C=O) groups is 1. The van der Waals surface area contributed by atoms with Crippen molar-refractivity contribution in [2.24, 2.45) is 4.99 Å². The number of benzene rings is 2. The summed E-state index contributed by atoms with van der Waals surface area (Å²) < 4.78 is 0. The highest BCUT2D eigenvalue weighted by Crippen LogP contribution is 2.40. The largest absolute Gasteiger partial charge is 0.360 e. The van der Waals surface area contributed by atoms with Gasteiger partial charge in [-0.1, -0.05) is 12.1 Å². The number of nitrogens with one attached hydrogen (secondary N) is 1. The van der Waals surface area contributed by atoms with Crippen LogP contribution in [0.4, 0.5) is 17.1 Å². The molecule has 2 aromatic rings. The van der Waals surface area contributed by atoms with Crippen LogP contribution < -0.4 is 10.2 Å². The molecule has 0 unspecified atom stereocenters. The number of allylic oxidation sites excluding steroid dienone is 1. The molecule has 28 heavy (non-hydrogen) atoms. The Balaban J connectivity index is 1.87. The molecule has 0 fully saturated rings. The van der Waals surface area contributed by atoms with Gasteiger partial charge in [-0.25, -0.2) is 0 Å². The number of rotatable bonds is 4. The summed E-state index contributed by atoms with van der Waals surface area (Å²) in [6.45, 7) is 12.7. The van der Waals surface area contributed by atoms with Crippen molar-refractivity contribution in [1.82, 2.24) is 0 Å². The van der Waals surface area contributed by atoms with Crippen LogP contribution in [-0.2, 0) is 4.79 Å². The molecule has 1 aliphatic heterocycles. The first-order valence-corrected chi connectivity index (χ1v) is 9.72. The minimum absolute atomic E-state index is 0.00346. The molecule has 4 nitrogen and oxygen atoms in total. The van der Waals surface area contributed by atoms with E-state index in [2.05, 4.69) is 74.1 Å². The topological polar surface area (TPSA) is 44.7 Å². The molecule has 0 spiro atoms. The van der Waals surface area contributed by atoms with Crippen LogP contribution in [0.3, 0.4) is 0 Å². The van der Waals surface area contributed by atoms with Crippen LogP contribution in [0.1, 0.15) is 52.7 Å². The van der Waals surface area contributed by atoms with Gasteiger partial charge in [0.1, 0.15) is 0 Å². The fraction of sp³-hybridized carbons (Fsp3) is 0.333. The van der Waals surface area contributed by atoms with Crippen LogP contribution >= 0.6 is 0 Å². The minimum atomic E-state index is -0.0765. The fourth-order valence-corrected chi connectivity index (χ4v) is 4.07. The first kappa shape index (κ1) is 19.9. The van der Waals surface area contributed by atoms with Crippen molar-refractivity contribution in [2.75, 3.05) is 10.2 Å². The molecule has 3 rings (SSSR count). The zero-order chi connectivity index (χ0) is 20.5. The van der Waals surface area contributed by atoms with Gasteiger partial charge < -0.3 is 10.2 Å². The van der Waals surface area contributed by atoms with Gasteiger partial charge in [0.15, 0.2) is 0 Å². The molecule has 0 aliphatic carbocycles. The maximum atomic E-state index is 11.1. The van der Waals surface area contributed by atoms with Crippen LogP contribution in [0.15, 0.2) is 53.5 Å². The van der Waals surface area contributed by atoms with Gasteiger partial charge in [-0.05, 0) is 82.2 Å². The van der Waals surface area contributed by atoms with E-state index < -0.39 is 0 Å². The number of hydrogen-bond acceptors (Lipinski definition) is 3. The Morgan fingerprint density at radius 3 is 2.43 bits per heavy atom. The van der Waals surface area contributed by atoms with E-state index in [1.807, 2.05) is 30.5 Å². The summed E-state index contributed by atoms with van der Waals surface area (Å²) in [5.41, 5.74) is 6.53. The number of hydrogen-bond donors (Lipinski definition) is 1. The second-order valence-corrected chi connectivity index (χ2v) is 8.21. The van der Waals surface area contributed by atoms with Crippen molar-refractivity contribution < 1.29 is 4.79 Å². The molecule has 1 aliphatic rings. The van der Waals surface area contributed by atoms with E-state index in [9.17, 15) is 4.79 Å². The van der Waals surface area contributed by atoms with Gasteiger partial charge in [0, 0.05) is 36.1 Å². The zero-order valence-electron chi connectivity index (χ0n) is 17.6. The lowest BCUT2D eigenvalue weighted by atomic mass is 9.87. The van der Waals surface area contributed by atoms with Crippen molar-refractivity contribution in [3.8, 4) is 0 Å². The van der Waals surface area contributed by atoms with Crippen LogP contribution in [-0.4, -0.2) is 23.7 Å². The first-order chi connectivity index (χ1) is 13.2. The molecular weight excluding hydrogens is 346 g/mol. The van der Waals surface area contributed by atoms with E-state index in [-0.39, 0.29) is 11.4 Å². The van der Waals surface area contributed by atoms with Gasteiger partial charge in [0.25, 0.3) is 0 Å². The van der Waals surface area contributed by atoms with E-state index in [1.165, 1.54) is 23.7 Å². The smallest absolute Gasteiger partial charge is 0.221 e. The molecule has 0 atom stereocenters. The van der Waals surface area contributed by atoms with Gasteiger partial charge in [-0.3, -0.25) is 9.79 Å². The van der Waals surface area contributed by atoms with E-state index in [4.69, 9.17) is 0 Å². The molecule has 0 bridgehead atoms. The number of anilines is 2. The van der Waals surface area contributed by atoms with Crippen LogP contribution in [0.2, 0.25) is 0 Å². The second-order valence-electron chi connectivity index (χ2n) is 8.21. The molecule has 2 aromatic carbocycles. The van der Waals surface area contributed by atoms with Gasteiger partial charge in [-0.2, -0.15) is 0 Å². The molecule has 1 N–H and O–H groups in total. The lowest BCUT2D eigenvalue weighted by molar-refractivity contribution is -0.114. The lowest BCUT2D eigenvalue weighted by Crippen LogP contribution is -2.49. The molecule has 0 radical (unpaired) electrons. The molecule has 0 aromatic heterocycles. The number of fused-ring (bicyclic) bond motifs is 1. The van der Waals surface area contributed by atoms with Crippen molar-refractivity contribution in [2.45, 2.75) is 53.1 Å². The Kier molecular flexibility index (Phi) is 5.41. The van der Waals surface area contributed by atoms with Gasteiger partial charge in [0.2, 0.25) is 5.91 Å². The highest BCUT2D eigenvalue weighted by Gasteiger charge is 2.32. The lowest BCUT2D eigenvalue weighted by Gasteiger charge is -2.46. The van der Waals surface area contributed by atoms with E-state index in [0.29, 0.717) is 6.04 Å². The third-order valence-electron chi connectivity index (χ3n) is 4.96. The van der Waals surface area contributed by atoms with Gasteiger partial charge >= 0.3 is 0 Å². The highest BCUT2D eigenvalue weighted by atomic mass is 16.1. The van der Waals surface area contributed by atoms with Crippen LogP contribution in [0, 0.1) is 0 Å². The normalized spacial score (nSPS) is 15.5. The maximum Gasteiger partial charge on any atom is 0.221 e. The summed E-state index contributed by atoms with van der Waals surface area (Å²) in [5.74, 6) is -0.0765. The summed E-state index contributed by atoms with van der Waals surface area (Å²) >= 11 is 0. The Bertz CT molecular complexity index is 937. The van der Waals surface area contributed by atoms with Crippen molar-refractivity contribution >= 4 is 34.8 Å². The predicted octanol–water partition coefficient (Wildman–Crippen LogP) is 5.81. The summed E-state index contributed by atoms with van der Waals surface area (Å²) in [7, 11) is 0. The summed E-state index contributed by atoms with van der Waals surface area (Å²) in [6.07, 6.45) is 4.23. The fourth-order valence-electron chi connectivity index (χ4n) is 4.07. The third kappa shape index (κ3) is 4.16. The predicted molar refractivity (Wildman–Crippen MR) is 120 cm³/mol. The number of carbonyl (C=O) groups excluding carboxylic acids is 1. The molecule has 0 saturated carbocycles. The third-order valence-corrected chi connectivity index (χ3v) is 4.96. The van der Waals surface area contributed by atoms with Crippen molar-refractivity contribution in [1.29, 1.82) is 0 Å². The second kappa shape index (κ2) is 7.63. The summed E-state index contributed by atoms with van der Waals surface area (Å²) in [4.78, 5) is 18.2. The molecule has 0 saturated heterocycles. The van der Waals surface area contributed by atoms with Crippen molar-refractivity contribution in [3.63, 3.8) is 0 Å². The van der Waals surface area contributed by atoms with Gasteiger partial charge in [-0.15, -0.1) is 0 Å². The number of amides is 1.